The van der Waals surface area contributed by atoms with Crippen LogP contribution in [-0.4, -0.2) is 22.6 Å². The van der Waals surface area contributed by atoms with Crippen molar-refractivity contribution >= 4 is 23.2 Å². The van der Waals surface area contributed by atoms with Crippen molar-refractivity contribution in [1.82, 2.24) is 15.5 Å². The number of aromatic nitrogens is 2. The highest BCUT2D eigenvalue weighted by Crippen LogP contribution is 2.20. The van der Waals surface area contributed by atoms with Crippen LogP contribution in [0.3, 0.4) is 0 Å². The number of anilines is 1. The van der Waals surface area contributed by atoms with Crippen LogP contribution in [0.5, 0.6) is 0 Å². The number of H-pyrrole nitrogens is 1. The lowest BCUT2D eigenvalue weighted by Crippen LogP contribution is -2.24. The highest BCUT2D eigenvalue weighted by Gasteiger charge is 2.12. The van der Waals surface area contributed by atoms with Crippen LogP contribution >= 0.6 is 11.6 Å². The van der Waals surface area contributed by atoms with Gasteiger partial charge in [0.1, 0.15) is 0 Å². The highest BCUT2D eigenvalue weighted by atomic mass is 35.5. The number of hydrogen-bond donors (Lipinski definition) is 3. The number of nitrogens with one attached hydrogen (secondary N) is 3. The Morgan fingerprint density at radius 3 is 2.90 bits per heavy atom. The molecule has 106 valence electrons. The number of nitrogens with zero attached hydrogens (tertiary/aromatic N) is 1. The molecule has 1 amide bonds. The molecule has 0 aliphatic rings. The Morgan fingerprint density at radius 1 is 1.45 bits per heavy atom. The highest BCUT2D eigenvalue weighted by molar-refractivity contribution is 6.31. The van der Waals surface area contributed by atoms with Crippen LogP contribution < -0.4 is 10.6 Å². The third-order valence-corrected chi connectivity index (χ3v) is 3.20. The fraction of sp³-hybridized carbons (Fsp3) is 0.286. The summed E-state index contributed by atoms with van der Waals surface area (Å²) in [5, 5.41) is 13.3. The van der Waals surface area contributed by atoms with E-state index in [-0.39, 0.29) is 5.91 Å². The number of benzene rings is 1. The van der Waals surface area contributed by atoms with Crippen LogP contribution in [0.25, 0.3) is 0 Å². The second kappa shape index (κ2) is 6.43. The van der Waals surface area contributed by atoms with Gasteiger partial charge in [-0.1, -0.05) is 11.6 Å². The Morgan fingerprint density at radius 2 is 2.25 bits per heavy atom. The summed E-state index contributed by atoms with van der Waals surface area (Å²) < 4.78 is 0. The Balaban J connectivity index is 2.12. The van der Waals surface area contributed by atoms with E-state index >= 15 is 0 Å². The van der Waals surface area contributed by atoms with E-state index in [4.69, 9.17) is 11.6 Å². The van der Waals surface area contributed by atoms with E-state index in [1.807, 2.05) is 19.9 Å². The summed E-state index contributed by atoms with van der Waals surface area (Å²) in [6, 6.07) is 5.23. The number of hydrogen-bond acceptors (Lipinski definition) is 3. The molecule has 1 aromatic heterocycles. The predicted octanol–water partition coefficient (Wildman–Crippen LogP) is 2.73. The standard InChI is InChI=1S/C14H17ClN4O/c1-3-16-13-5-4-11(15)6-12(13)14(20)17-7-10-8-18-19-9(10)2/h4-6,8,16H,3,7H2,1-2H3,(H,17,20)(H,18,19). The van der Waals surface area contributed by atoms with Gasteiger partial charge in [-0.3, -0.25) is 9.89 Å². The van der Waals surface area contributed by atoms with E-state index in [2.05, 4.69) is 20.8 Å². The van der Waals surface area contributed by atoms with Crippen LogP contribution in [0.1, 0.15) is 28.5 Å². The van der Waals surface area contributed by atoms with E-state index in [0.29, 0.717) is 17.1 Å². The molecule has 1 heterocycles. The summed E-state index contributed by atoms with van der Waals surface area (Å²) in [6.45, 7) is 5.06. The van der Waals surface area contributed by atoms with Gasteiger partial charge in [0.05, 0.1) is 11.8 Å². The van der Waals surface area contributed by atoms with E-state index in [1.54, 1.807) is 18.3 Å². The summed E-state index contributed by atoms with van der Waals surface area (Å²) in [7, 11) is 0. The Bertz CT molecular complexity index is 609. The van der Waals surface area contributed by atoms with Crippen LogP contribution in [-0.2, 0) is 6.54 Å². The van der Waals surface area contributed by atoms with Crippen molar-refractivity contribution in [2.45, 2.75) is 20.4 Å². The fourth-order valence-electron chi connectivity index (χ4n) is 1.87. The monoisotopic (exact) mass is 292 g/mol. The van der Waals surface area contributed by atoms with Gasteiger partial charge in [0, 0.05) is 35.1 Å². The second-order valence-electron chi connectivity index (χ2n) is 4.42. The van der Waals surface area contributed by atoms with E-state index in [1.165, 1.54) is 0 Å². The van der Waals surface area contributed by atoms with E-state index in [0.717, 1.165) is 23.5 Å². The number of aromatic amines is 1. The minimum atomic E-state index is -0.163. The average Bonchev–Trinajstić information content (AvgIpc) is 2.84. The minimum Gasteiger partial charge on any atom is -0.385 e. The molecule has 2 aromatic rings. The van der Waals surface area contributed by atoms with Crippen LogP contribution in [0.4, 0.5) is 5.69 Å². The maximum Gasteiger partial charge on any atom is 0.253 e. The van der Waals surface area contributed by atoms with E-state index in [9.17, 15) is 4.79 Å². The zero-order chi connectivity index (χ0) is 14.5. The number of amides is 1. The molecule has 2 rings (SSSR count). The molecule has 0 unspecified atom stereocenters. The summed E-state index contributed by atoms with van der Waals surface area (Å²) >= 11 is 5.96. The first-order valence-electron chi connectivity index (χ1n) is 6.42. The predicted molar refractivity (Wildman–Crippen MR) is 80.1 cm³/mol. The molecular formula is C14H17ClN4O. The van der Waals surface area contributed by atoms with Crippen molar-refractivity contribution in [2.75, 3.05) is 11.9 Å². The summed E-state index contributed by atoms with van der Waals surface area (Å²) in [5.74, 6) is -0.163. The fourth-order valence-corrected chi connectivity index (χ4v) is 2.05. The van der Waals surface area contributed by atoms with Gasteiger partial charge in [-0.25, -0.2) is 0 Å². The summed E-state index contributed by atoms with van der Waals surface area (Å²) in [4.78, 5) is 12.3. The molecule has 5 nitrogen and oxygen atoms in total. The molecule has 0 saturated carbocycles. The van der Waals surface area contributed by atoms with E-state index < -0.39 is 0 Å². The molecule has 0 radical (unpaired) electrons. The van der Waals surface area contributed by atoms with Crippen LogP contribution in [0, 0.1) is 6.92 Å². The quantitative estimate of drug-likeness (QED) is 0.793. The zero-order valence-electron chi connectivity index (χ0n) is 11.5. The lowest BCUT2D eigenvalue weighted by molar-refractivity contribution is 0.0951. The van der Waals surface area contributed by atoms with Crippen molar-refractivity contribution in [3.05, 3.63) is 46.2 Å². The van der Waals surface area contributed by atoms with Crippen molar-refractivity contribution in [3.63, 3.8) is 0 Å². The first-order chi connectivity index (χ1) is 9.61. The van der Waals surface area contributed by atoms with Crippen molar-refractivity contribution < 1.29 is 4.79 Å². The second-order valence-corrected chi connectivity index (χ2v) is 4.86. The van der Waals surface area contributed by atoms with Crippen LogP contribution in [0.2, 0.25) is 5.02 Å². The van der Waals surface area contributed by atoms with Gasteiger partial charge < -0.3 is 10.6 Å². The Kier molecular flexibility index (Phi) is 4.63. The topological polar surface area (TPSA) is 69.8 Å². The molecule has 0 aliphatic carbocycles. The number of aryl methyl sites for hydroxylation is 1. The summed E-state index contributed by atoms with van der Waals surface area (Å²) in [5.41, 5.74) is 3.23. The number of halogens is 1. The molecule has 6 heteroatoms. The largest absolute Gasteiger partial charge is 0.385 e. The smallest absolute Gasteiger partial charge is 0.253 e. The Labute approximate surface area is 122 Å². The molecule has 0 saturated heterocycles. The van der Waals surface area contributed by atoms with Gasteiger partial charge in [0.25, 0.3) is 5.91 Å². The SMILES string of the molecule is CCNc1ccc(Cl)cc1C(=O)NCc1cn[nH]c1C. The maximum atomic E-state index is 12.3. The molecule has 0 aliphatic heterocycles. The third-order valence-electron chi connectivity index (χ3n) is 2.97. The maximum absolute atomic E-state index is 12.3. The molecule has 0 spiro atoms. The molecule has 0 bridgehead atoms. The van der Waals surface area contributed by atoms with Gasteiger partial charge in [-0.2, -0.15) is 5.10 Å². The first kappa shape index (κ1) is 14.4. The molecule has 1 aromatic carbocycles. The minimum absolute atomic E-state index is 0.163. The lowest BCUT2D eigenvalue weighted by atomic mass is 10.1. The molecular weight excluding hydrogens is 276 g/mol. The van der Waals surface area contributed by atoms with Gasteiger partial charge in [-0.05, 0) is 32.0 Å². The zero-order valence-corrected chi connectivity index (χ0v) is 12.2. The molecule has 0 atom stereocenters. The third kappa shape index (κ3) is 3.30. The van der Waals surface area contributed by atoms with Gasteiger partial charge in [0.2, 0.25) is 0 Å². The molecule has 20 heavy (non-hydrogen) atoms. The number of rotatable bonds is 5. The van der Waals surface area contributed by atoms with Crippen LogP contribution in [0.15, 0.2) is 24.4 Å². The van der Waals surface area contributed by atoms with Crippen molar-refractivity contribution in [2.24, 2.45) is 0 Å². The molecule has 0 fully saturated rings. The van der Waals surface area contributed by atoms with Crippen molar-refractivity contribution in [3.8, 4) is 0 Å². The first-order valence-corrected chi connectivity index (χ1v) is 6.80. The van der Waals surface area contributed by atoms with Gasteiger partial charge >= 0.3 is 0 Å². The average molecular weight is 293 g/mol. The normalized spacial score (nSPS) is 10.3. The van der Waals surface area contributed by atoms with Gasteiger partial charge in [-0.15, -0.1) is 0 Å². The number of carbonyl (C=O) groups is 1. The Hall–Kier alpha value is -2.01. The van der Waals surface area contributed by atoms with Gasteiger partial charge in [0.15, 0.2) is 0 Å². The summed E-state index contributed by atoms with van der Waals surface area (Å²) in [6.07, 6.45) is 1.71. The lowest BCUT2D eigenvalue weighted by Gasteiger charge is -2.11. The number of carbonyl (C=O) groups excluding carboxylic acids is 1. The molecule has 3 N–H and O–H groups in total. The van der Waals surface area contributed by atoms with Crippen molar-refractivity contribution in [1.29, 1.82) is 0 Å².